The van der Waals surface area contributed by atoms with Crippen molar-refractivity contribution in [2.24, 2.45) is 0 Å². The average Bonchev–Trinajstić information content (AvgIpc) is 3.40. The molecule has 13 heteroatoms. The standard InChI is InChI=1S/C20H23FN4O2.C15H20ClN3O2/c1-20(2,3)27-19(26)25-15-6-8-24(9-7-15)17-5-4-16(23-18(17)25)13-10-14(21)12-22-11-13;1-15(2,3)21-14(20)19-10-6-8-18(9-7-10)11-4-5-12(16)17-13(11)19/h4-5,10-12,15H,6-9H2,1-3H3;4-5,10H,6-9H2,1-3H3. The van der Waals surface area contributed by atoms with Crippen LogP contribution < -0.4 is 19.6 Å². The lowest BCUT2D eigenvalue weighted by Gasteiger charge is -2.33. The molecule has 0 unspecified atom stereocenters. The number of hydrogen-bond donors (Lipinski definition) is 0. The van der Waals surface area contributed by atoms with Crippen LogP contribution in [0.5, 0.6) is 0 Å². The Labute approximate surface area is 286 Å². The van der Waals surface area contributed by atoms with Gasteiger partial charge in [-0.05, 0) is 97.6 Å². The second-order valence-corrected chi connectivity index (χ2v) is 14.9. The van der Waals surface area contributed by atoms with Gasteiger partial charge in [-0.15, -0.1) is 0 Å². The lowest BCUT2D eigenvalue weighted by molar-refractivity contribution is 0.0550. The van der Waals surface area contributed by atoms with E-state index in [0.717, 1.165) is 69.4 Å². The zero-order chi connectivity index (χ0) is 34.4. The molecule has 0 radical (unpaired) electrons. The predicted molar refractivity (Wildman–Crippen MR) is 185 cm³/mol. The van der Waals surface area contributed by atoms with E-state index in [1.165, 1.54) is 6.07 Å². The molecule has 256 valence electrons. The number of nitrogens with zero attached hydrogens (tertiary/aromatic N) is 7. The van der Waals surface area contributed by atoms with Gasteiger partial charge in [0.05, 0.1) is 23.3 Å². The van der Waals surface area contributed by atoms with E-state index in [9.17, 15) is 14.0 Å². The maximum absolute atomic E-state index is 13.6. The van der Waals surface area contributed by atoms with Crippen LogP contribution in [0, 0.1) is 5.82 Å². The third-order valence-corrected chi connectivity index (χ3v) is 8.86. The van der Waals surface area contributed by atoms with Gasteiger partial charge in [0, 0.05) is 50.0 Å². The second kappa shape index (κ2) is 13.0. The van der Waals surface area contributed by atoms with Crippen LogP contribution in [0.2, 0.25) is 5.15 Å². The van der Waals surface area contributed by atoms with E-state index >= 15 is 0 Å². The Hall–Kier alpha value is -4.19. The highest BCUT2D eigenvalue weighted by atomic mass is 35.5. The Balaban J connectivity index is 0.000000173. The number of amides is 2. The van der Waals surface area contributed by atoms with Crippen LogP contribution in [0.25, 0.3) is 11.3 Å². The average molecular weight is 680 g/mol. The molecule has 3 aromatic heterocycles. The zero-order valence-electron chi connectivity index (χ0n) is 28.4. The first-order valence-electron chi connectivity index (χ1n) is 16.5. The van der Waals surface area contributed by atoms with Gasteiger partial charge in [0.1, 0.15) is 22.2 Å². The van der Waals surface area contributed by atoms with Gasteiger partial charge in [-0.1, -0.05) is 11.6 Å². The summed E-state index contributed by atoms with van der Waals surface area (Å²) in [5.74, 6) is 0.778. The first-order chi connectivity index (χ1) is 22.7. The predicted octanol–water partition coefficient (Wildman–Crippen LogP) is 7.47. The van der Waals surface area contributed by atoms with E-state index in [1.54, 1.807) is 22.1 Å². The number of ether oxygens (including phenoxy) is 2. The number of pyridine rings is 3. The summed E-state index contributed by atoms with van der Waals surface area (Å²) in [7, 11) is 0. The van der Waals surface area contributed by atoms with Crippen molar-refractivity contribution in [3.63, 3.8) is 0 Å². The SMILES string of the molecule is CC(C)(C)OC(=O)N1c2nc(-c3cncc(F)c3)ccc2N2CCC1CC2.CC(C)(C)OC(=O)N1c2nc(Cl)ccc2N2CCC1CC2. The van der Waals surface area contributed by atoms with Gasteiger partial charge in [-0.25, -0.2) is 23.9 Å². The quantitative estimate of drug-likeness (QED) is 0.242. The molecule has 9 rings (SSSR count). The Morgan fingerprint density at radius 3 is 1.71 bits per heavy atom. The maximum Gasteiger partial charge on any atom is 0.416 e. The van der Waals surface area contributed by atoms with Crippen molar-refractivity contribution in [3.05, 3.63) is 53.7 Å². The number of carbonyl (C=O) groups is 2. The Bertz CT molecular complexity index is 1680. The first-order valence-corrected chi connectivity index (χ1v) is 16.9. The van der Waals surface area contributed by atoms with Gasteiger partial charge in [0.25, 0.3) is 0 Å². The topological polar surface area (TPSA) is 104 Å². The molecule has 2 saturated heterocycles. The summed E-state index contributed by atoms with van der Waals surface area (Å²) in [5.41, 5.74) is 1.91. The molecule has 0 N–H and O–H groups in total. The second-order valence-electron chi connectivity index (χ2n) is 14.5. The lowest BCUT2D eigenvalue weighted by Crippen LogP contribution is -2.46. The maximum atomic E-state index is 13.6. The normalized spacial score (nSPS) is 17.6. The molecule has 0 spiro atoms. The van der Waals surface area contributed by atoms with E-state index in [-0.39, 0.29) is 24.3 Å². The molecule has 6 aliphatic heterocycles. The van der Waals surface area contributed by atoms with E-state index in [4.69, 9.17) is 26.1 Å². The summed E-state index contributed by atoms with van der Waals surface area (Å²) in [6.07, 6.45) is 5.58. The largest absolute Gasteiger partial charge is 0.443 e. The number of anilines is 4. The fourth-order valence-corrected chi connectivity index (χ4v) is 6.73. The highest BCUT2D eigenvalue weighted by Gasteiger charge is 2.40. The van der Waals surface area contributed by atoms with Crippen molar-refractivity contribution in [2.75, 3.05) is 45.8 Å². The van der Waals surface area contributed by atoms with Crippen LogP contribution in [0.15, 0.2) is 42.7 Å². The van der Waals surface area contributed by atoms with Crippen LogP contribution in [0.3, 0.4) is 0 Å². The third kappa shape index (κ3) is 7.28. The Morgan fingerprint density at radius 2 is 1.23 bits per heavy atom. The van der Waals surface area contributed by atoms with Crippen molar-refractivity contribution in [2.45, 2.75) is 90.5 Å². The van der Waals surface area contributed by atoms with Crippen molar-refractivity contribution >= 4 is 46.8 Å². The van der Waals surface area contributed by atoms with Crippen molar-refractivity contribution in [1.82, 2.24) is 15.0 Å². The molecule has 2 amide bonds. The molecule has 11 nitrogen and oxygen atoms in total. The summed E-state index contributed by atoms with van der Waals surface area (Å²) in [5, 5.41) is 0.393. The van der Waals surface area contributed by atoms with Crippen molar-refractivity contribution in [1.29, 1.82) is 0 Å². The summed E-state index contributed by atoms with van der Waals surface area (Å²) in [6.45, 7) is 14.8. The molecular weight excluding hydrogens is 637 g/mol. The highest BCUT2D eigenvalue weighted by molar-refractivity contribution is 6.29. The molecule has 0 atom stereocenters. The summed E-state index contributed by atoms with van der Waals surface area (Å²) in [4.78, 5) is 46.5. The Morgan fingerprint density at radius 1 is 0.750 bits per heavy atom. The van der Waals surface area contributed by atoms with Crippen molar-refractivity contribution < 1.29 is 23.5 Å². The monoisotopic (exact) mass is 679 g/mol. The molecule has 0 aromatic carbocycles. The molecule has 2 fully saturated rings. The highest BCUT2D eigenvalue weighted by Crippen LogP contribution is 2.41. The van der Waals surface area contributed by atoms with E-state index in [1.807, 2.05) is 59.7 Å². The number of fused-ring (bicyclic) bond motifs is 4. The van der Waals surface area contributed by atoms with Crippen LogP contribution in [-0.4, -0.2) is 76.6 Å². The zero-order valence-corrected chi connectivity index (χ0v) is 29.1. The fraction of sp³-hybridized carbons (Fsp3) is 0.514. The third-order valence-electron chi connectivity index (χ3n) is 8.65. The van der Waals surface area contributed by atoms with E-state index in [0.29, 0.717) is 28.0 Å². The van der Waals surface area contributed by atoms with Gasteiger partial charge >= 0.3 is 12.2 Å². The van der Waals surface area contributed by atoms with Gasteiger partial charge in [0.15, 0.2) is 11.6 Å². The number of aromatic nitrogens is 3. The minimum Gasteiger partial charge on any atom is -0.443 e. The minimum absolute atomic E-state index is 0.0470. The van der Waals surface area contributed by atoms with Gasteiger partial charge < -0.3 is 19.3 Å². The fourth-order valence-electron chi connectivity index (χ4n) is 6.59. The van der Waals surface area contributed by atoms with E-state index < -0.39 is 17.0 Å². The van der Waals surface area contributed by atoms with Gasteiger partial charge in [-0.3, -0.25) is 14.8 Å². The number of hydrogen-bond acceptors (Lipinski definition) is 9. The number of carbonyl (C=O) groups excluding carboxylic acids is 2. The van der Waals surface area contributed by atoms with Crippen LogP contribution in [0.1, 0.15) is 67.2 Å². The molecule has 0 aliphatic carbocycles. The first kappa shape index (κ1) is 33.7. The summed E-state index contributed by atoms with van der Waals surface area (Å²) in [6, 6.07) is 9.08. The molecule has 4 bridgehead atoms. The van der Waals surface area contributed by atoms with Crippen LogP contribution in [0.4, 0.5) is 37.0 Å². The molecule has 48 heavy (non-hydrogen) atoms. The van der Waals surface area contributed by atoms with E-state index in [2.05, 4.69) is 19.8 Å². The van der Waals surface area contributed by atoms with Gasteiger partial charge in [-0.2, -0.15) is 0 Å². The molecule has 3 aromatic rings. The van der Waals surface area contributed by atoms with Crippen molar-refractivity contribution in [3.8, 4) is 11.3 Å². The summed E-state index contributed by atoms with van der Waals surface area (Å²) < 4.78 is 24.8. The van der Waals surface area contributed by atoms with Crippen LogP contribution >= 0.6 is 11.6 Å². The smallest absolute Gasteiger partial charge is 0.416 e. The Kier molecular flexibility index (Phi) is 9.14. The number of piperidine rings is 2. The molecule has 9 heterocycles. The van der Waals surface area contributed by atoms with Gasteiger partial charge in [0.2, 0.25) is 0 Å². The summed E-state index contributed by atoms with van der Waals surface area (Å²) >= 11 is 6.04. The molecule has 6 aliphatic rings. The van der Waals surface area contributed by atoms with Crippen LogP contribution in [-0.2, 0) is 9.47 Å². The minimum atomic E-state index is -0.591. The molecule has 0 saturated carbocycles. The number of rotatable bonds is 1. The number of halogens is 2. The molecular formula is C35H43ClFN7O4. The lowest BCUT2D eigenvalue weighted by atomic mass is 10.1.